The number of nitrogens with zero attached hydrogens (tertiary/aromatic N) is 1. The van der Waals surface area contributed by atoms with Crippen LogP contribution in [0.15, 0.2) is 84.0 Å². The van der Waals surface area contributed by atoms with Crippen LogP contribution in [0.1, 0.15) is 15.2 Å². The Kier molecular flexibility index (Phi) is 4.51. The maximum absolute atomic E-state index is 12.7. The van der Waals surface area contributed by atoms with Crippen LogP contribution in [0.3, 0.4) is 0 Å². The molecule has 5 heteroatoms. The normalized spacial score (nSPS) is 11.6. The zero-order chi connectivity index (χ0) is 19.8. The van der Waals surface area contributed by atoms with Crippen molar-refractivity contribution >= 4 is 66.7 Å². The van der Waals surface area contributed by atoms with Gasteiger partial charge in [0, 0.05) is 15.6 Å². The molecule has 0 radical (unpaired) electrons. The van der Waals surface area contributed by atoms with Crippen molar-refractivity contribution in [3.63, 3.8) is 0 Å². The van der Waals surface area contributed by atoms with Crippen LogP contribution in [0, 0.1) is 0 Å². The lowest BCUT2D eigenvalue weighted by molar-refractivity contribution is 0.0959. The van der Waals surface area contributed by atoms with Gasteiger partial charge in [-0.3, -0.25) is 4.79 Å². The minimum atomic E-state index is -0.308. The van der Waals surface area contributed by atoms with E-state index < -0.39 is 0 Å². The van der Waals surface area contributed by atoms with E-state index in [1.54, 1.807) is 6.21 Å². The van der Waals surface area contributed by atoms with Gasteiger partial charge in [-0.15, -0.1) is 11.3 Å². The van der Waals surface area contributed by atoms with Crippen molar-refractivity contribution < 1.29 is 4.79 Å². The molecule has 0 unspecified atom stereocenters. The molecule has 0 fully saturated rings. The Bertz CT molecular complexity index is 1370. The van der Waals surface area contributed by atoms with E-state index in [4.69, 9.17) is 11.6 Å². The number of nitrogens with one attached hydrogen (secondary N) is 1. The van der Waals surface area contributed by atoms with E-state index in [1.165, 1.54) is 11.3 Å². The van der Waals surface area contributed by atoms with Crippen molar-refractivity contribution in [1.29, 1.82) is 0 Å². The van der Waals surface area contributed by atoms with Gasteiger partial charge in [0.2, 0.25) is 0 Å². The number of thiophene rings is 1. The van der Waals surface area contributed by atoms with E-state index >= 15 is 0 Å². The fourth-order valence-corrected chi connectivity index (χ4v) is 4.96. The molecule has 0 aliphatic carbocycles. The largest absolute Gasteiger partial charge is 0.283 e. The molecule has 0 saturated carbocycles. The second kappa shape index (κ2) is 7.32. The van der Waals surface area contributed by atoms with Crippen molar-refractivity contribution in [2.75, 3.05) is 0 Å². The maximum atomic E-state index is 12.7. The number of hydrogen-bond acceptors (Lipinski definition) is 3. The number of carbonyl (C=O) groups is 1. The molecule has 0 saturated heterocycles. The predicted molar refractivity (Wildman–Crippen MR) is 123 cm³/mol. The highest BCUT2D eigenvalue weighted by atomic mass is 35.5. The van der Waals surface area contributed by atoms with Crippen LogP contribution in [-0.2, 0) is 0 Å². The summed E-state index contributed by atoms with van der Waals surface area (Å²) >= 11 is 7.77. The van der Waals surface area contributed by atoms with Gasteiger partial charge in [-0.05, 0) is 33.7 Å². The number of hydrazone groups is 1. The van der Waals surface area contributed by atoms with E-state index in [0.717, 1.165) is 37.2 Å². The number of rotatable bonds is 3. The van der Waals surface area contributed by atoms with E-state index in [-0.39, 0.29) is 5.91 Å². The van der Waals surface area contributed by atoms with Crippen LogP contribution in [0.25, 0.3) is 31.6 Å². The summed E-state index contributed by atoms with van der Waals surface area (Å²) in [4.78, 5) is 13.1. The molecule has 140 valence electrons. The molecule has 5 aromatic rings. The lowest BCUT2D eigenvalue weighted by Gasteiger charge is -2.07. The van der Waals surface area contributed by atoms with Crippen LogP contribution < -0.4 is 5.43 Å². The Labute approximate surface area is 176 Å². The highest BCUT2D eigenvalue weighted by molar-refractivity contribution is 7.21. The van der Waals surface area contributed by atoms with Crippen molar-refractivity contribution in [3.8, 4) is 0 Å². The summed E-state index contributed by atoms with van der Waals surface area (Å²) in [6.45, 7) is 0. The Morgan fingerprint density at radius 1 is 0.862 bits per heavy atom. The summed E-state index contributed by atoms with van der Waals surface area (Å²) in [6.07, 6.45) is 1.71. The molecule has 0 spiro atoms. The summed E-state index contributed by atoms with van der Waals surface area (Å²) in [5.41, 5.74) is 3.61. The van der Waals surface area contributed by atoms with Gasteiger partial charge in [0.15, 0.2) is 0 Å². The Balaban J connectivity index is 1.52. The van der Waals surface area contributed by atoms with Crippen molar-refractivity contribution in [1.82, 2.24) is 5.43 Å². The molecule has 1 aromatic heterocycles. The Morgan fingerprint density at radius 3 is 2.10 bits per heavy atom. The Hall–Kier alpha value is -3.21. The molecule has 1 N–H and O–H groups in total. The summed E-state index contributed by atoms with van der Waals surface area (Å²) in [5.74, 6) is -0.308. The van der Waals surface area contributed by atoms with Gasteiger partial charge in [-0.1, -0.05) is 78.3 Å². The number of hydrogen-bond donors (Lipinski definition) is 1. The summed E-state index contributed by atoms with van der Waals surface area (Å²) in [7, 11) is 0. The average Bonchev–Trinajstić information content (AvgIpc) is 3.10. The lowest BCUT2D eigenvalue weighted by Crippen LogP contribution is -2.16. The standard InChI is InChI=1S/C24H15ClN2OS/c25-22-19-11-5-6-12-21(19)29-23(22)24(28)27-26-14-20-17-9-3-1-7-15(17)13-16-8-2-4-10-18(16)20/h1-14H,(H,27,28)/b26-14-. The number of benzene rings is 4. The highest BCUT2D eigenvalue weighted by Gasteiger charge is 2.16. The van der Waals surface area contributed by atoms with Crippen molar-refractivity contribution in [2.24, 2.45) is 5.10 Å². The van der Waals surface area contributed by atoms with Gasteiger partial charge < -0.3 is 0 Å². The molecule has 1 heterocycles. The molecule has 1 amide bonds. The molecule has 4 aromatic carbocycles. The molecular formula is C24H15ClN2OS. The van der Waals surface area contributed by atoms with Crippen LogP contribution in [0.2, 0.25) is 5.02 Å². The molecule has 0 atom stereocenters. The topological polar surface area (TPSA) is 41.5 Å². The number of halogens is 1. The third kappa shape index (κ3) is 3.16. The van der Waals surface area contributed by atoms with Crippen LogP contribution in [-0.4, -0.2) is 12.1 Å². The number of fused-ring (bicyclic) bond motifs is 3. The summed E-state index contributed by atoms with van der Waals surface area (Å²) in [5, 5.41) is 10.0. The van der Waals surface area contributed by atoms with Gasteiger partial charge in [0.05, 0.1) is 11.2 Å². The van der Waals surface area contributed by atoms with E-state index in [0.29, 0.717) is 9.90 Å². The smallest absolute Gasteiger partial charge is 0.266 e. The van der Waals surface area contributed by atoms with Gasteiger partial charge in [0.25, 0.3) is 5.91 Å². The van der Waals surface area contributed by atoms with Gasteiger partial charge >= 0.3 is 0 Å². The first kappa shape index (κ1) is 17.9. The lowest BCUT2D eigenvalue weighted by atomic mass is 9.97. The van der Waals surface area contributed by atoms with E-state index in [1.807, 2.05) is 48.5 Å². The minimum Gasteiger partial charge on any atom is -0.266 e. The second-order valence-corrected chi connectivity index (χ2v) is 8.10. The van der Waals surface area contributed by atoms with Crippen LogP contribution in [0.4, 0.5) is 0 Å². The fourth-order valence-electron chi connectivity index (χ4n) is 3.55. The Morgan fingerprint density at radius 2 is 1.45 bits per heavy atom. The third-order valence-corrected chi connectivity index (χ3v) is 6.59. The number of amides is 1. The van der Waals surface area contributed by atoms with Crippen LogP contribution in [0.5, 0.6) is 0 Å². The van der Waals surface area contributed by atoms with Crippen molar-refractivity contribution in [3.05, 3.63) is 94.3 Å². The van der Waals surface area contributed by atoms with E-state index in [2.05, 4.69) is 40.9 Å². The summed E-state index contributed by atoms with van der Waals surface area (Å²) in [6, 6.07) is 26.2. The summed E-state index contributed by atoms with van der Waals surface area (Å²) < 4.78 is 0.978. The van der Waals surface area contributed by atoms with Gasteiger partial charge in [-0.25, -0.2) is 5.43 Å². The SMILES string of the molecule is O=C(N/N=C\c1c2ccccc2cc2ccccc12)c1sc2ccccc2c1Cl. The zero-order valence-corrected chi connectivity index (χ0v) is 16.8. The van der Waals surface area contributed by atoms with Crippen LogP contribution >= 0.6 is 22.9 Å². The molecular weight excluding hydrogens is 400 g/mol. The quantitative estimate of drug-likeness (QED) is 0.201. The van der Waals surface area contributed by atoms with Gasteiger partial charge in [-0.2, -0.15) is 5.10 Å². The first-order chi connectivity index (χ1) is 14.2. The van der Waals surface area contributed by atoms with Crippen molar-refractivity contribution in [2.45, 2.75) is 0 Å². The second-order valence-electron chi connectivity index (χ2n) is 6.67. The minimum absolute atomic E-state index is 0.308. The maximum Gasteiger partial charge on any atom is 0.283 e. The molecule has 29 heavy (non-hydrogen) atoms. The molecule has 0 aliphatic heterocycles. The molecule has 0 aliphatic rings. The van der Waals surface area contributed by atoms with Gasteiger partial charge in [0.1, 0.15) is 4.88 Å². The highest BCUT2D eigenvalue weighted by Crippen LogP contribution is 2.35. The fraction of sp³-hybridized carbons (Fsp3) is 0. The first-order valence-electron chi connectivity index (χ1n) is 9.13. The average molecular weight is 415 g/mol. The number of carbonyl (C=O) groups excluding carboxylic acids is 1. The predicted octanol–water partition coefficient (Wildman–Crippen LogP) is 6.63. The van der Waals surface area contributed by atoms with E-state index in [9.17, 15) is 4.79 Å². The molecule has 5 rings (SSSR count). The monoisotopic (exact) mass is 414 g/mol. The molecule has 0 bridgehead atoms. The third-order valence-electron chi connectivity index (χ3n) is 4.91. The zero-order valence-electron chi connectivity index (χ0n) is 15.2. The molecule has 3 nitrogen and oxygen atoms in total. The first-order valence-corrected chi connectivity index (χ1v) is 10.3.